The maximum absolute atomic E-state index is 12.3. The molecule has 4 rings (SSSR count). The smallest absolute Gasteiger partial charge is 0.275 e. The van der Waals surface area contributed by atoms with Gasteiger partial charge >= 0.3 is 0 Å². The van der Waals surface area contributed by atoms with Crippen molar-refractivity contribution in [1.82, 2.24) is 24.7 Å². The number of pyridine rings is 1. The molecule has 128 valence electrons. The van der Waals surface area contributed by atoms with Crippen LogP contribution in [0.5, 0.6) is 0 Å². The first-order valence-electron chi connectivity index (χ1n) is 7.86. The molecule has 0 saturated carbocycles. The van der Waals surface area contributed by atoms with E-state index in [-0.39, 0.29) is 5.91 Å². The van der Waals surface area contributed by atoms with E-state index in [1.165, 1.54) is 0 Å². The van der Waals surface area contributed by atoms with Crippen LogP contribution in [0.2, 0.25) is 0 Å². The second-order valence-corrected chi connectivity index (χ2v) is 5.54. The summed E-state index contributed by atoms with van der Waals surface area (Å²) in [5, 5.41) is 6.55. The minimum atomic E-state index is -0.284. The van der Waals surface area contributed by atoms with Crippen molar-refractivity contribution in [1.29, 1.82) is 0 Å². The molecular formula is C18H14N6O2. The van der Waals surface area contributed by atoms with Gasteiger partial charge in [0.2, 0.25) is 0 Å². The Labute approximate surface area is 148 Å². The molecule has 0 aliphatic carbocycles. The topological polar surface area (TPSA) is 98.7 Å². The maximum Gasteiger partial charge on any atom is 0.275 e. The average Bonchev–Trinajstić information content (AvgIpc) is 3.32. The number of aryl methyl sites for hydroxylation is 1. The number of hydrogen-bond donors (Lipinski definition) is 1. The summed E-state index contributed by atoms with van der Waals surface area (Å²) < 4.78 is 6.78. The van der Waals surface area contributed by atoms with Crippen molar-refractivity contribution in [3.63, 3.8) is 0 Å². The molecule has 8 heteroatoms. The number of imidazole rings is 1. The van der Waals surface area contributed by atoms with Crippen molar-refractivity contribution < 1.29 is 9.32 Å². The molecule has 0 aliphatic rings. The molecule has 0 atom stereocenters. The molecule has 0 fully saturated rings. The van der Waals surface area contributed by atoms with Crippen LogP contribution in [0.3, 0.4) is 0 Å². The summed E-state index contributed by atoms with van der Waals surface area (Å²) in [6.07, 6.45) is 4.79. The summed E-state index contributed by atoms with van der Waals surface area (Å²) >= 11 is 0. The van der Waals surface area contributed by atoms with Crippen molar-refractivity contribution in [3.05, 3.63) is 72.7 Å². The quantitative estimate of drug-likeness (QED) is 0.610. The highest BCUT2D eigenvalue weighted by atomic mass is 16.5. The first kappa shape index (κ1) is 15.7. The van der Waals surface area contributed by atoms with E-state index in [2.05, 4.69) is 25.4 Å². The number of nitrogens with one attached hydrogen (secondary N) is 1. The first-order valence-corrected chi connectivity index (χ1v) is 7.86. The second-order valence-electron chi connectivity index (χ2n) is 5.54. The van der Waals surface area contributed by atoms with Gasteiger partial charge in [0, 0.05) is 18.1 Å². The number of para-hydroxylation sites is 1. The van der Waals surface area contributed by atoms with E-state index in [0.29, 0.717) is 28.9 Å². The Morgan fingerprint density at radius 1 is 1.12 bits per heavy atom. The van der Waals surface area contributed by atoms with E-state index in [1.807, 2.05) is 36.4 Å². The van der Waals surface area contributed by atoms with Gasteiger partial charge in [-0.25, -0.2) is 9.97 Å². The van der Waals surface area contributed by atoms with Crippen molar-refractivity contribution in [2.24, 2.45) is 0 Å². The van der Waals surface area contributed by atoms with Gasteiger partial charge in [-0.15, -0.1) is 0 Å². The molecule has 3 heterocycles. The number of amides is 1. The molecule has 0 unspecified atom stereocenters. The van der Waals surface area contributed by atoms with E-state index in [4.69, 9.17) is 4.52 Å². The normalized spacial score (nSPS) is 10.7. The Morgan fingerprint density at radius 3 is 2.65 bits per heavy atom. The first-order chi connectivity index (χ1) is 12.7. The molecular weight excluding hydrogens is 332 g/mol. The Hall–Kier alpha value is -3.81. The molecule has 8 nitrogen and oxygen atoms in total. The van der Waals surface area contributed by atoms with E-state index in [0.717, 1.165) is 5.56 Å². The Morgan fingerprint density at radius 2 is 1.96 bits per heavy atom. The summed E-state index contributed by atoms with van der Waals surface area (Å²) in [6, 6.07) is 12.8. The Bertz CT molecular complexity index is 1040. The zero-order chi connectivity index (χ0) is 17.9. The summed E-state index contributed by atoms with van der Waals surface area (Å²) in [4.78, 5) is 24.9. The van der Waals surface area contributed by atoms with E-state index >= 15 is 0 Å². The number of nitrogens with zero attached hydrogens (tertiary/aromatic N) is 5. The van der Waals surface area contributed by atoms with Crippen molar-refractivity contribution in [3.8, 4) is 17.3 Å². The Kier molecular flexibility index (Phi) is 3.98. The third kappa shape index (κ3) is 3.20. The highest BCUT2D eigenvalue weighted by Crippen LogP contribution is 2.17. The standard InChI is InChI=1S/C18H14N6O2/c1-12-21-18(26-23-12)13-7-8-16(19-9-13)24-10-15(20-11-24)17(25)22-14-5-3-2-4-6-14/h2-11H,1H3,(H,22,25). The molecule has 0 saturated heterocycles. The minimum absolute atomic E-state index is 0.284. The summed E-state index contributed by atoms with van der Waals surface area (Å²) in [5.74, 6) is 1.31. The van der Waals surface area contributed by atoms with Gasteiger partial charge < -0.3 is 9.84 Å². The zero-order valence-corrected chi connectivity index (χ0v) is 13.8. The highest BCUT2D eigenvalue weighted by Gasteiger charge is 2.12. The summed E-state index contributed by atoms with van der Waals surface area (Å²) in [5.41, 5.74) is 1.73. The zero-order valence-electron chi connectivity index (χ0n) is 13.8. The van der Waals surface area contributed by atoms with E-state index < -0.39 is 0 Å². The third-order valence-corrected chi connectivity index (χ3v) is 3.63. The van der Waals surface area contributed by atoms with Crippen molar-refractivity contribution in [2.45, 2.75) is 6.92 Å². The van der Waals surface area contributed by atoms with Gasteiger partial charge in [-0.3, -0.25) is 9.36 Å². The molecule has 26 heavy (non-hydrogen) atoms. The number of carbonyl (C=O) groups is 1. The number of rotatable bonds is 4. The number of anilines is 1. The largest absolute Gasteiger partial charge is 0.334 e. The molecule has 1 N–H and O–H groups in total. The molecule has 0 radical (unpaired) electrons. The van der Waals surface area contributed by atoms with Crippen LogP contribution in [0.1, 0.15) is 16.3 Å². The van der Waals surface area contributed by atoms with Gasteiger partial charge in [0.1, 0.15) is 17.8 Å². The number of carbonyl (C=O) groups excluding carboxylic acids is 1. The molecule has 1 amide bonds. The van der Waals surface area contributed by atoms with Crippen LogP contribution < -0.4 is 5.32 Å². The van der Waals surface area contributed by atoms with Crippen LogP contribution in [0.25, 0.3) is 17.3 Å². The molecule has 0 bridgehead atoms. The maximum atomic E-state index is 12.3. The fourth-order valence-electron chi connectivity index (χ4n) is 2.36. The second kappa shape index (κ2) is 6.60. The minimum Gasteiger partial charge on any atom is -0.334 e. The number of hydrogen-bond acceptors (Lipinski definition) is 6. The SMILES string of the molecule is Cc1noc(-c2ccc(-n3cnc(C(=O)Nc4ccccc4)c3)nc2)n1. The molecule has 0 spiro atoms. The van der Waals surface area contributed by atoms with Crippen LogP contribution in [0.4, 0.5) is 5.69 Å². The van der Waals surface area contributed by atoms with Gasteiger partial charge in [0.05, 0.1) is 5.56 Å². The Balaban J connectivity index is 1.51. The average molecular weight is 346 g/mol. The lowest BCUT2D eigenvalue weighted by Crippen LogP contribution is -2.12. The van der Waals surface area contributed by atoms with Crippen LogP contribution >= 0.6 is 0 Å². The van der Waals surface area contributed by atoms with Crippen molar-refractivity contribution in [2.75, 3.05) is 5.32 Å². The van der Waals surface area contributed by atoms with Gasteiger partial charge in [-0.2, -0.15) is 4.98 Å². The van der Waals surface area contributed by atoms with Gasteiger partial charge in [0.25, 0.3) is 11.8 Å². The third-order valence-electron chi connectivity index (χ3n) is 3.63. The molecule has 1 aromatic carbocycles. The lowest BCUT2D eigenvalue weighted by atomic mass is 10.3. The van der Waals surface area contributed by atoms with Gasteiger partial charge in [-0.05, 0) is 31.2 Å². The lowest BCUT2D eigenvalue weighted by molar-refractivity contribution is 0.102. The van der Waals surface area contributed by atoms with Crippen molar-refractivity contribution >= 4 is 11.6 Å². The molecule has 3 aromatic heterocycles. The monoisotopic (exact) mass is 346 g/mol. The van der Waals surface area contributed by atoms with Crippen LogP contribution in [-0.4, -0.2) is 30.6 Å². The van der Waals surface area contributed by atoms with Crippen LogP contribution in [0.15, 0.2) is 65.7 Å². The van der Waals surface area contributed by atoms with Gasteiger partial charge in [-0.1, -0.05) is 23.4 Å². The van der Waals surface area contributed by atoms with Gasteiger partial charge in [0.15, 0.2) is 5.82 Å². The fraction of sp³-hybridized carbons (Fsp3) is 0.0556. The van der Waals surface area contributed by atoms with E-state index in [9.17, 15) is 4.79 Å². The summed E-state index contributed by atoms with van der Waals surface area (Å²) in [7, 11) is 0. The highest BCUT2D eigenvalue weighted by molar-refractivity contribution is 6.02. The predicted molar refractivity (Wildman–Crippen MR) is 93.8 cm³/mol. The summed E-state index contributed by atoms with van der Waals surface area (Å²) in [6.45, 7) is 1.75. The van der Waals surface area contributed by atoms with Crippen LogP contribution in [-0.2, 0) is 0 Å². The molecule has 0 aliphatic heterocycles. The number of benzene rings is 1. The fourth-order valence-corrected chi connectivity index (χ4v) is 2.36. The molecule has 4 aromatic rings. The lowest BCUT2D eigenvalue weighted by Gasteiger charge is -2.02. The van der Waals surface area contributed by atoms with Crippen LogP contribution in [0, 0.1) is 6.92 Å². The number of aromatic nitrogens is 5. The van der Waals surface area contributed by atoms with E-state index in [1.54, 1.807) is 36.3 Å². The predicted octanol–water partition coefficient (Wildman–Crippen LogP) is 2.88.